The van der Waals surface area contributed by atoms with Crippen LogP contribution in [-0.4, -0.2) is 23.6 Å². The molecule has 1 aromatic rings. The monoisotopic (exact) mass is 463 g/mol. The van der Waals surface area contributed by atoms with Gasteiger partial charge in [-0.15, -0.1) is 0 Å². The molecule has 2 aliphatic carbocycles. The number of nitro benzene ring substituents is 1. The smallest absolute Gasteiger partial charge is 0.305 e. The molecule has 0 amide bonds. The molecule has 6 nitrogen and oxygen atoms in total. The van der Waals surface area contributed by atoms with Crippen molar-refractivity contribution >= 4 is 17.7 Å². The van der Waals surface area contributed by atoms with Gasteiger partial charge in [-0.05, 0) is 60.8 Å². The van der Waals surface area contributed by atoms with E-state index in [-0.39, 0.29) is 22.0 Å². The van der Waals surface area contributed by atoms with Gasteiger partial charge in [-0.2, -0.15) is 0 Å². The first-order valence-corrected chi connectivity index (χ1v) is 12.0. The van der Waals surface area contributed by atoms with Gasteiger partial charge in [0.1, 0.15) is 11.4 Å². The van der Waals surface area contributed by atoms with Crippen LogP contribution in [0.25, 0.3) is 6.08 Å². The molecule has 0 aromatic heterocycles. The highest BCUT2D eigenvalue weighted by molar-refractivity contribution is 5.69. The van der Waals surface area contributed by atoms with Crippen molar-refractivity contribution < 1.29 is 19.2 Å². The van der Waals surface area contributed by atoms with E-state index in [1.54, 1.807) is 12.1 Å². The van der Waals surface area contributed by atoms with Crippen molar-refractivity contribution in [2.45, 2.75) is 58.5 Å². The molecule has 1 aliphatic heterocycles. The minimum atomic E-state index is -0.584. The first kappa shape index (κ1) is 24.0. The number of nitro groups is 1. The van der Waals surface area contributed by atoms with Crippen LogP contribution in [-0.2, 0) is 9.53 Å². The molecule has 3 unspecified atom stereocenters. The molecular weight excluding hydrogens is 430 g/mol. The Morgan fingerprint density at radius 1 is 1.24 bits per heavy atom. The zero-order valence-electron chi connectivity index (χ0n) is 20.4. The number of fused-ring (bicyclic) bond motifs is 1. The lowest BCUT2D eigenvalue weighted by molar-refractivity contribution is -0.384. The molecule has 1 aromatic carbocycles. The van der Waals surface area contributed by atoms with Crippen molar-refractivity contribution in [1.82, 2.24) is 0 Å². The van der Waals surface area contributed by atoms with E-state index in [9.17, 15) is 14.9 Å². The van der Waals surface area contributed by atoms with Gasteiger partial charge < -0.3 is 9.47 Å². The number of hydrogen-bond donors (Lipinski definition) is 0. The van der Waals surface area contributed by atoms with Crippen LogP contribution in [0.4, 0.5) is 5.69 Å². The number of benzene rings is 1. The average Bonchev–Trinajstić information content (AvgIpc) is 3.05. The van der Waals surface area contributed by atoms with Crippen molar-refractivity contribution in [1.29, 1.82) is 0 Å². The Labute approximate surface area is 201 Å². The lowest BCUT2D eigenvalue weighted by Crippen LogP contribution is -2.49. The molecular formula is C28H33NO5. The second-order valence-corrected chi connectivity index (χ2v) is 10.1. The second-order valence-electron chi connectivity index (χ2n) is 10.1. The lowest BCUT2D eigenvalue weighted by Gasteiger charge is -2.47. The van der Waals surface area contributed by atoms with Crippen LogP contribution in [0.2, 0.25) is 0 Å². The topological polar surface area (TPSA) is 78.7 Å². The van der Waals surface area contributed by atoms with Gasteiger partial charge in [0.15, 0.2) is 0 Å². The summed E-state index contributed by atoms with van der Waals surface area (Å²) >= 11 is 0. The summed E-state index contributed by atoms with van der Waals surface area (Å²) in [6, 6.07) is 4.79. The Balaban J connectivity index is 1.72. The van der Waals surface area contributed by atoms with Crippen molar-refractivity contribution in [2.24, 2.45) is 17.3 Å². The number of carbonyl (C=O) groups excluding carboxylic acids is 1. The van der Waals surface area contributed by atoms with E-state index < -0.39 is 5.60 Å². The molecule has 0 N–H and O–H groups in total. The summed E-state index contributed by atoms with van der Waals surface area (Å²) in [4.78, 5) is 22.5. The molecule has 1 spiro atoms. The van der Waals surface area contributed by atoms with Crippen LogP contribution in [0.15, 0.2) is 59.7 Å². The van der Waals surface area contributed by atoms with E-state index in [1.165, 1.54) is 24.3 Å². The Morgan fingerprint density at radius 3 is 2.74 bits per heavy atom. The minimum absolute atomic E-state index is 0.0598. The zero-order valence-corrected chi connectivity index (χ0v) is 20.4. The molecule has 3 atom stereocenters. The molecule has 6 heteroatoms. The summed E-state index contributed by atoms with van der Waals surface area (Å²) in [5, 5.41) is 11.2. The van der Waals surface area contributed by atoms with Gasteiger partial charge in [0.2, 0.25) is 0 Å². The summed E-state index contributed by atoms with van der Waals surface area (Å²) in [6.07, 6.45) is 16.9. The van der Waals surface area contributed by atoms with Crippen LogP contribution in [0.5, 0.6) is 5.75 Å². The zero-order chi connectivity index (χ0) is 24.5. The summed E-state index contributed by atoms with van der Waals surface area (Å²) < 4.78 is 11.6. The minimum Gasteiger partial charge on any atom is -0.482 e. The standard InChI is InChI=1S/C28H33NO5/c1-19-8-11-23-20(6-5-7-26(30)33-4)14-16-28(27(2,3)24(23)12-9-19)17-15-21-18-22(29(31)32)10-13-25(21)34-28/h8-13,15,17-20H,5-7,14,16H2,1-4H3. The highest BCUT2D eigenvalue weighted by Crippen LogP contribution is 2.54. The lowest BCUT2D eigenvalue weighted by atomic mass is 9.66. The number of hydrogen-bond acceptors (Lipinski definition) is 5. The highest BCUT2D eigenvalue weighted by Gasteiger charge is 2.51. The number of rotatable bonds is 5. The molecule has 180 valence electrons. The van der Waals surface area contributed by atoms with Crippen LogP contribution >= 0.6 is 0 Å². The van der Waals surface area contributed by atoms with E-state index in [1.807, 2.05) is 6.08 Å². The maximum Gasteiger partial charge on any atom is 0.305 e. The van der Waals surface area contributed by atoms with Gasteiger partial charge in [-0.3, -0.25) is 14.9 Å². The number of esters is 1. The maximum absolute atomic E-state index is 11.7. The third kappa shape index (κ3) is 4.33. The van der Waals surface area contributed by atoms with E-state index in [0.717, 1.165) is 31.2 Å². The summed E-state index contributed by atoms with van der Waals surface area (Å²) in [5.41, 5.74) is 2.43. The molecule has 3 aliphatic rings. The first-order chi connectivity index (χ1) is 16.2. The van der Waals surface area contributed by atoms with Crippen LogP contribution in [0.1, 0.15) is 58.4 Å². The Kier molecular flexibility index (Phi) is 6.52. The van der Waals surface area contributed by atoms with E-state index in [4.69, 9.17) is 9.47 Å². The third-order valence-electron chi connectivity index (χ3n) is 7.68. The molecule has 0 saturated carbocycles. The van der Waals surface area contributed by atoms with Crippen molar-refractivity contribution in [2.75, 3.05) is 7.11 Å². The fourth-order valence-corrected chi connectivity index (χ4v) is 5.46. The summed E-state index contributed by atoms with van der Waals surface area (Å²) in [6.45, 7) is 6.64. The second kappa shape index (κ2) is 9.24. The fraction of sp³-hybridized carbons (Fsp3) is 0.464. The fourth-order valence-electron chi connectivity index (χ4n) is 5.46. The molecule has 0 radical (unpaired) electrons. The molecule has 34 heavy (non-hydrogen) atoms. The first-order valence-electron chi connectivity index (χ1n) is 12.0. The SMILES string of the molecule is COC(=O)CCCC1CCC2(C=Cc3cc([N+](=O)[O-])ccc3O2)C(C)(C)C2=C1C=CC(C)C=C2. The number of methoxy groups -OCH3 is 1. The van der Waals surface area contributed by atoms with Crippen molar-refractivity contribution in [3.05, 3.63) is 75.4 Å². The Bertz CT molecular complexity index is 1110. The third-order valence-corrected chi connectivity index (χ3v) is 7.68. The maximum atomic E-state index is 11.7. The number of nitrogens with zero attached hydrogens (tertiary/aromatic N) is 1. The molecule has 0 saturated heterocycles. The molecule has 4 rings (SSSR count). The number of carbonyl (C=O) groups is 1. The normalized spacial score (nSPS) is 26.8. The number of allylic oxidation sites excluding steroid dienone is 5. The van der Waals surface area contributed by atoms with Gasteiger partial charge in [-0.1, -0.05) is 51.2 Å². The van der Waals surface area contributed by atoms with Crippen LogP contribution in [0.3, 0.4) is 0 Å². The largest absolute Gasteiger partial charge is 0.482 e. The summed E-state index contributed by atoms with van der Waals surface area (Å²) in [5.74, 6) is 1.14. The summed E-state index contributed by atoms with van der Waals surface area (Å²) in [7, 11) is 1.43. The Morgan fingerprint density at radius 2 is 2.00 bits per heavy atom. The van der Waals surface area contributed by atoms with E-state index in [2.05, 4.69) is 51.2 Å². The molecule has 0 fully saturated rings. The van der Waals surface area contributed by atoms with E-state index in [0.29, 0.717) is 24.0 Å². The number of non-ortho nitro benzene ring substituents is 1. The van der Waals surface area contributed by atoms with Crippen molar-refractivity contribution in [3.63, 3.8) is 0 Å². The van der Waals surface area contributed by atoms with Crippen LogP contribution in [0, 0.1) is 27.4 Å². The molecule has 1 heterocycles. The number of ether oxygens (including phenoxy) is 2. The quantitative estimate of drug-likeness (QED) is 0.280. The van der Waals surface area contributed by atoms with Gasteiger partial charge >= 0.3 is 5.97 Å². The average molecular weight is 464 g/mol. The predicted octanol–water partition coefficient (Wildman–Crippen LogP) is 6.58. The van der Waals surface area contributed by atoms with Gasteiger partial charge in [-0.25, -0.2) is 0 Å². The Hall–Kier alpha value is -3.15. The van der Waals surface area contributed by atoms with Crippen molar-refractivity contribution in [3.8, 4) is 5.75 Å². The van der Waals surface area contributed by atoms with E-state index >= 15 is 0 Å². The molecule has 0 bridgehead atoms. The van der Waals surface area contributed by atoms with Gasteiger partial charge in [0.05, 0.1) is 12.0 Å². The van der Waals surface area contributed by atoms with Gasteiger partial charge in [0, 0.05) is 29.5 Å². The van der Waals surface area contributed by atoms with Gasteiger partial charge in [0.25, 0.3) is 5.69 Å². The highest BCUT2D eigenvalue weighted by atomic mass is 16.6. The predicted molar refractivity (Wildman–Crippen MR) is 132 cm³/mol. The van der Waals surface area contributed by atoms with Crippen LogP contribution < -0.4 is 4.74 Å².